The van der Waals surface area contributed by atoms with E-state index in [-0.39, 0.29) is 27.9 Å². The Labute approximate surface area is 279 Å². The average Bonchev–Trinajstić information content (AvgIpc) is 3.58. The monoisotopic (exact) mass is 662 g/mol. The second-order valence-corrected chi connectivity index (χ2v) is 11.9. The smallest absolute Gasteiger partial charge is 0.350 e. The molecule has 1 aliphatic heterocycles. The SMILES string of the molecule is C=CCOC(=O)c1sc(N2C(=O)C(=O)C(=C(O)c3ccc(OCCCC)cc3)[C@H]2c2ccc(OCCCCC)c(OCC)c2)nc1C. The molecule has 0 bridgehead atoms. The van der Waals surface area contributed by atoms with Gasteiger partial charge in [0.25, 0.3) is 5.78 Å². The van der Waals surface area contributed by atoms with Crippen LogP contribution in [0.5, 0.6) is 17.2 Å². The number of unbranched alkanes of at least 4 members (excludes halogenated alkanes) is 3. The number of aliphatic hydroxyl groups is 1. The van der Waals surface area contributed by atoms with Gasteiger partial charge in [-0.15, -0.1) is 0 Å². The summed E-state index contributed by atoms with van der Waals surface area (Å²) in [5.41, 5.74) is 1.03. The number of esters is 1. The van der Waals surface area contributed by atoms with E-state index in [2.05, 4.69) is 25.4 Å². The minimum absolute atomic E-state index is 0.00548. The molecule has 250 valence electrons. The van der Waals surface area contributed by atoms with Crippen LogP contribution < -0.4 is 19.1 Å². The van der Waals surface area contributed by atoms with E-state index in [9.17, 15) is 19.5 Å². The summed E-state index contributed by atoms with van der Waals surface area (Å²) >= 11 is 0.930. The first kappa shape index (κ1) is 35.2. The van der Waals surface area contributed by atoms with Gasteiger partial charge in [0.1, 0.15) is 23.0 Å². The molecular formula is C36H42N2O8S. The number of hydrogen-bond donors (Lipinski definition) is 1. The highest BCUT2D eigenvalue weighted by Crippen LogP contribution is 2.45. The third-order valence-electron chi connectivity index (χ3n) is 7.44. The molecule has 0 spiro atoms. The second kappa shape index (κ2) is 16.8. The maximum atomic E-state index is 13.8. The maximum Gasteiger partial charge on any atom is 0.350 e. The molecule has 4 rings (SSSR count). The number of aliphatic hydroxyl groups excluding tert-OH is 1. The van der Waals surface area contributed by atoms with Gasteiger partial charge >= 0.3 is 11.9 Å². The third-order valence-corrected chi connectivity index (χ3v) is 8.57. The minimum atomic E-state index is -1.09. The molecule has 11 heteroatoms. The number of rotatable bonds is 17. The Morgan fingerprint density at radius 3 is 2.38 bits per heavy atom. The largest absolute Gasteiger partial charge is 0.507 e. The molecule has 1 aromatic heterocycles. The standard InChI is InChI=1S/C36H42N2O8S/c1-6-10-12-21-45-27-18-15-25(22-28(27)43-9-4)30-29(31(39)24-13-16-26(17-14-24)44-20-11-7-2)32(40)34(41)38(30)36-37-23(5)33(47-36)35(42)46-19-8-3/h8,13-18,22,30,39H,3,6-7,9-12,19-21H2,1-2,4-5H3/t30-/m1/s1. The molecule has 1 aliphatic rings. The van der Waals surface area contributed by atoms with Gasteiger partial charge < -0.3 is 24.1 Å². The Hall–Kier alpha value is -4.64. The lowest BCUT2D eigenvalue weighted by Crippen LogP contribution is -2.29. The zero-order valence-corrected chi connectivity index (χ0v) is 28.2. The van der Waals surface area contributed by atoms with Crippen LogP contribution in [0.2, 0.25) is 0 Å². The van der Waals surface area contributed by atoms with Gasteiger partial charge in [-0.1, -0.05) is 63.2 Å². The Morgan fingerprint density at radius 1 is 0.979 bits per heavy atom. The zero-order chi connectivity index (χ0) is 33.9. The van der Waals surface area contributed by atoms with Gasteiger partial charge in [0.15, 0.2) is 16.6 Å². The number of aryl methyl sites for hydroxylation is 1. The van der Waals surface area contributed by atoms with Crippen LogP contribution >= 0.6 is 11.3 Å². The second-order valence-electron chi connectivity index (χ2n) is 10.9. The highest BCUT2D eigenvalue weighted by atomic mass is 32.1. The predicted octanol–water partition coefficient (Wildman–Crippen LogP) is 7.57. The summed E-state index contributed by atoms with van der Waals surface area (Å²) in [6.07, 6.45) is 6.31. The first-order valence-corrected chi connectivity index (χ1v) is 16.8. The highest BCUT2D eigenvalue weighted by Gasteiger charge is 2.48. The lowest BCUT2D eigenvalue weighted by molar-refractivity contribution is -0.132. The van der Waals surface area contributed by atoms with Crippen molar-refractivity contribution in [3.63, 3.8) is 0 Å². The molecule has 0 aliphatic carbocycles. The third kappa shape index (κ3) is 8.21. The molecular weight excluding hydrogens is 620 g/mol. The van der Waals surface area contributed by atoms with E-state index in [1.54, 1.807) is 49.4 Å². The summed E-state index contributed by atoms with van der Waals surface area (Å²) in [6, 6.07) is 10.8. The van der Waals surface area contributed by atoms with Crippen LogP contribution in [0.1, 0.15) is 85.4 Å². The van der Waals surface area contributed by atoms with Crippen molar-refractivity contribution in [3.05, 3.63) is 82.4 Å². The molecule has 2 heterocycles. The summed E-state index contributed by atoms with van der Waals surface area (Å²) in [6.45, 7) is 12.6. The van der Waals surface area contributed by atoms with Crippen molar-refractivity contribution in [2.24, 2.45) is 0 Å². The fourth-order valence-electron chi connectivity index (χ4n) is 5.04. The number of ether oxygens (including phenoxy) is 4. The van der Waals surface area contributed by atoms with E-state index in [0.29, 0.717) is 53.9 Å². The molecule has 0 saturated carbocycles. The van der Waals surface area contributed by atoms with E-state index in [1.165, 1.54) is 11.0 Å². The van der Waals surface area contributed by atoms with Gasteiger partial charge in [-0.2, -0.15) is 0 Å². The maximum absolute atomic E-state index is 13.8. The molecule has 1 amide bonds. The number of hydrogen-bond acceptors (Lipinski definition) is 10. The van der Waals surface area contributed by atoms with Crippen LogP contribution in [0.3, 0.4) is 0 Å². The molecule has 1 N–H and O–H groups in total. The fourth-order valence-corrected chi connectivity index (χ4v) is 6.02. The number of aromatic nitrogens is 1. The van der Waals surface area contributed by atoms with Gasteiger partial charge in [-0.25, -0.2) is 9.78 Å². The molecule has 10 nitrogen and oxygen atoms in total. The summed E-state index contributed by atoms with van der Waals surface area (Å²) in [7, 11) is 0. The molecule has 47 heavy (non-hydrogen) atoms. The number of anilines is 1. The van der Waals surface area contributed by atoms with Crippen molar-refractivity contribution < 1.29 is 38.4 Å². The Balaban J connectivity index is 1.83. The van der Waals surface area contributed by atoms with Crippen LogP contribution in [-0.2, 0) is 14.3 Å². The lowest BCUT2D eigenvalue weighted by Gasteiger charge is -2.24. The Bertz CT molecular complexity index is 1610. The minimum Gasteiger partial charge on any atom is -0.507 e. The van der Waals surface area contributed by atoms with Crippen LogP contribution in [0.4, 0.5) is 5.13 Å². The summed E-state index contributed by atoms with van der Waals surface area (Å²) < 4.78 is 22.9. The number of thiazole rings is 1. The number of carbonyl (C=O) groups excluding carboxylic acids is 3. The molecule has 0 unspecified atom stereocenters. The lowest BCUT2D eigenvalue weighted by atomic mass is 9.95. The van der Waals surface area contributed by atoms with Gasteiger partial charge in [-0.3, -0.25) is 14.5 Å². The van der Waals surface area contributed by atoms with Crippen LogP contribution in [0.25, 0.3) is 5.76 Å². The van der Waals surface area contributed by atoms with Crippen molar-refractivity contribution in [1.82, 2.24) is 4.98 Å². The molecule has 1 saturated heterocycles. The molecule has 2 aromatic carbocycles. The van der Waals surface area contributed by atoms with Crippen molar-refractivity contribution >= 4 is 39.9 Å². The van der Waals surface area contributed by atoms with Crippen molar-refractivity contribution in [1.29, 1.82) is 0 Å². The molecule has 1 fully saturated rings. The number of Topliss-reactive ketones (excluding diaryl/α,β-unsaturated/α-hetero) is 1. The Kier molecular flexibility index (Phi) is 12.6. The van der Waals surface area contributed by atoms with Gasteiger partial charge in [0.2, 0.25) is 0 Å². The van der Waals surface area contributed by atoms with E-state index in [4.69, 9.17) is 18.9 Å². The Morgan fingerprint density at radius 2 is 1.70 bits per heavy atom. The number of ketones is 1. The van der Waals surface area contributed by atoms with Gasteiger partial charge in [-0.05, 0) is 68.7 Å². The normalized spacial score (nSPS) is 15.5. The van der Waals surface area contributed by atoms with Crippen molar-refractivity contribution in [3.8, 4) is 17.2 Å². The van der Waals surface area contributed by atoms with Gasteiger partial charge in [0, 0.05) is 5.56 Å². The average molecular weight is 663 g/mol. The number of nitrogens with zero attached hydrogens (tertiary/aromatic N) is 2. The summed E-state index contributed by atoms with van der Waals surface area (Å²) in [4.78, 5) is 46.2. The summed E-state index contributed by atoms with van der Waals surface area (Å²) in [5, 5.41) is 11.7. The first-order valence-electron chi connectivity index (χ1n) is 15.9. The molecule has 1 atom stereocenters. The van der Waals surface area contributed by atoms with E-state index < -0.39 is 23.7 Å². The first-order chi connectivity index (χ1) is 22.7. The van der Waals surface area contributed by atoms with Crippen LogP contribution in [-0.4, -0.2) is 54.2 Å². The van der Waals surface area contributed by atoms with Crippen molar-refractivity contribution in [2.75, 3.05) is 31.3 Å². The quantitative estimate of drug-likeness (QED) is 0.0389. The van der Waals surface area contributed by atoms with Crippen molar-refractivity contribution in [2.45, 2.75) is 65.8 Å². The van der Waals surface area contributed by atoms with Gasteiger partial charge in [0.05, 0.1) is 37.1 Å². The number of carbonyl (C=O) groups is 3. The van der Waals surface area contributed by atoms with Crippen LogP contribution in [0, 0.1) is 6.92 Å². The zero-order valence-electron chi connectivity index (χ0n) is 27.4. The van der Waals surface area contributed by atoms with E-state index in [0.717, 1.165) is 43.4 Å². The highest BCUT2D eigenvalue weighted by molar-refractivity contribution is 7.17. The van der Waals surface area contributed by atoms with E-state index >= 15 is 0 Å². The molecule has 0 radical (unpaired) electrons. The van der Waals surface area contributed by atoms with Crippen LogP contribution in [0.15, 0.2) is 60.7 Å². The van der Waals surface area contributed by atoms with E-state index in [1.807, 2.05) is 6.92 Å². The predicted molar refractivity (Wildman–Crippen MR) is 182 cm³/mol. The molecule has 3 aromatic rings. The fraction of sp³-hybridized carbons (Fsp3) is 0.389. The topological polar surface area (TPSA) is 124 Å². The number of amides is 1. The summed E-state index contributed by atoms with van der Waals surface area (Å²) in [5.74, 6) is -1.18. The number of benzene rings is 2.